The summed E-state index contributed by atoms with van der Waals surface area (Å²) in [6.45, 7) is 1.08. The molecule has 0 heterocycles. The molecule has 0 atom stereocenters. The van der Waals surface area contributed by atoms with Gasteiger partial charge in [-0.3, -0.25) is 0 Å². The van der Waals surface area contributed by atoms with Crippen LogP contribution < -0.4 is 5.32 Å². The van der Waals surface area contributed by atoms with Crippen molar-refractivity contribution in [2.45, 2.75) is 50.0 Å². The molecule has 3 aliphatic rings. The van der Waals surface area contributed by atoms with E-state index in [4.69, 9.17) is 23.2 Å². The van der Waals surface area contributed by atoms with E-state index in [1.165, 1.54) is 44.1 Å². The molecule has 0 bridgehead atoms. The Balaban J connectivity index is 1.61. The van der Waals surface area contributed by atoms with E-state index >= 15 is 0 Å². The number of halogens is 2. The first-order chi connectivity index (χ1) is 9.11. The molecule has 3 fully saturated rings. The molecule has 1 spiro atoms. The van der Waals surface area contributed by atoms with Crippen LogP contribution in [-0.2, 0) is 5.41 Å². The highest BCUT2D eigenvalue weighted by atomic mass is 35.5. The van der Waals surface area contributed by atoms with Crippen LogP contribution >= 0.6 is 23.2 Å². The predicted molar refractivity (Wildman–Crippen MR) is 80.1 cm³/mol. The summed E-state index contributed by atoms with van der Waals surface area (Å²) in [6, 6.07) is 6.79. The fraction of sp³-hybridized carbons (Fsp3) is 0.625. The molecule has 1 aromatic rings. The van der Waals surface area contributed by atoms with E-state index in [0.29, 0.717) is 5.41 Å². The Morgan fingerprint density at radius 2 is 1.89 bits per heavy atom. The zero-order chi connectivity index (χ0) is 13.1. The second kappa shape index (κ2) is 4.13. The Morgan fingerprint density at radius 3 is 2.47 bits per heavy atom. The molecule has 0 amide bonds. The predicted octanol–water partition coefficient (Wildman–Crippen LogP) is 4.56. The number of hydrogen-bond acceptors (Lipinski definition) is 1. The lowest BCUT2D eigenvalue weighted by molar-refractivity contribution is 0.116. The SMILES string of the molecule is Clc1ccc(C2(CNC3CC3)CC3(CC3)C2)c(Cl)c1. The van der Waals surface area contributed by atoms with Crippen LogP contribution in [0.4, 0.5) is 0 Å². The summed E-state index contributed by atoms with van der Waals surface area (Å²) in [5.41, 5.74) is 2.25. The van der Waals surface area contributed by atoms with Crippen LogP contribution in [-0.4, -0.2) is 12.6 Å². The van der Waals surface area contributed by atoms with Crippen molar-refractivity contribution in [3.8, 4) is 0 Å². The minimum atomic E-state index is 0.265. The highest BCUT2D eigenvalue weighted by Crippen LogP contribution is 2.69. The standard InChI is InChI=1S/C16H19Cl2N/c17-11-1-4-13(14(18)7-11)16(10-19-12-2-3-12)8-15(9-16)5-6-15/h1,4,7,12,19H,2-3,5-6,8-10H2. The molecule has 3 aliphatic carbocycles. The van der Waals surface area contributed by atoms with Crippen LogP contribution in [0.2, 0.25) is 10.0 Å². The van der Waals surface area contributed by atoms with Gasteiger partial charge in [-0.15, -0.1) is 0 Å². The first-order valence-corrected chi connectivity index (χ1v) is 8.06. The average molecular weight is 296 g/mol. The molecule has 0 aliphatic heterocycles. The number of benzene rings is 1. The van der Waals surface area contributed by atoms with Gasteiger partial charge in [0.2, 0.25) is 0 Å². The summed E-state index contributed by atoms with van der Waals surface area (Å²) < 4.78 is 0. The van der Waals surface area contributed by atoms with Gasteiger partial charge in [0.1, 0.15) is 0 Å². The number of hydrogen-bond donors (Lipinski definition) is 1. The number of rotatable bonds is 4. The molecule has 102 valence electrons. The second-order valence-electron chi connectivity index (χ2n) is 6.91. The van der Waals surface area contributed by atoms with Gasteiger partial charge < -0.3 is 5.32 Å². The molecule has 1 N–H and O–H groups in total. The van der Waals surface area contributed by atoms with Gasteiger partial charge in [-0.1, -0.05) is 29.3 Å². The van der Waals surface area contributed by atoms with Crippen LogP contribution in [0.5, 0.6) is 0 Å². The van der Waals surface area contributed by atoms with Crippen LogP contribution in [0.3, 0.4) is 0 Å². The molecular weight excluding hydrogens is 277 g/mol. The fourth-order valence-electron chi connectivity index (χ4n) is 3.87. The van der Waals surface area contributed by atoms with Crippen molar-refractivity contribution in [1.29, 1.82) is 0 Å². The summed E-state index contributed by atoms with van der Waals surface area (Å²) in [6.07, 6.45) is 8.14. The normalized spacial score (nSPS) is 26.2. The smallest absolute Gasteiger partial charge is 0.0458 e. The summed E-state index contributed by atoms with van der Waals surface area (Å²) in [5, 5.41) is 5.30. The molecule has 0 saturated heterocycles. The van der Waals surface area contributed by atoms with E-state index < -0.39 is 0 Å². The summed E-state index contributed by atoms with van der Waals surface area (Å²) in [5.74, 6) is 0. The van der Waals surface area contributed by atoms with Gasteiger partial charge >= 0.3 is 0 Å². The van der Waals surface area contributed by atoms with E-state index in [1.807, 2.05) is 12.1 Å². The van der Waals surface area contributed by atoms with E-state index in [1.54, 1.807) is 0 Å². The maximum atomic E-state index is 6.46. The highest BCUT2D eigenvalue weighted by molar-refractivity contribution is 6.35. The minimum Gasteiger partial charge on any atom is -0.313 e. The third-order valence-corrected chi connectivity index (χ3v) is 5.74. The van der Waals surface area contributed by atoms with Gasteiger partial charge in [0.25, 0.3) is 0 Å². The van der Waals surface area contributed by atoms with E-state index in [2.05, 4.69) is 11.4 Å². The molecule has 4 rings (SSSR count). The quantitative estimate of drug-likeness (QED) is 0.859. The van der Waals surface area contributed by atoms with Gasteiger partial charge in [0.05, 0.1) is 0 Å². The van der Waals surface area contributed by atoms with E-state index in [-0.39, 0.29) is 5.41 Å². The first kappa shape index (κ1) is 12.5. The number of nitrogens with one attached hydrogen (secondary N) is 1. The Bertz CT molecular complexity index is 509. The highest BCUT2D eigenvalue weighted by Gasteiger charge is 2.61. The Kier molecular flexibility index (Phi) is 2.72. The van der Waals surface area contributed by atoms with Crippen LogP contribution in [0, 0.1) is 5.41 Å². The first-order valence-electron chi connectivity index (χ1n) is 7.30. The summed E-state index contributed by atoms with van der Waals surface area (Å²) in [4.78, 5) is 0. The van der Waals surface area contributed by atoms with Crippen molar-refractivity contribution in [3.63, 3.8) is 0 Å². The monoisotopic (exact) mass is 295 g/mol. The van der Waals surface area contributed by atoms with Crippen LogP contribution in [0.1, 0.15) is 44.1 Å². The van der Waals surface area contributed by atoms with Crippen molar-refractivity contribution in [2.75, 3.05) is 6.54 Å². The van der Waals surface area contributed by atoms with Gasteiger partial charge in [-0.05, 0) is 61.6 Å². The molecular formula is C16H19Cl2N. The Hall–Kier alpha value is -0.240. The maximum absolute atomic E-state index is 6.46. The van der Waals surface area contributed by atoms with Crippen molar-refractivity contribution < 1.29 is 0 Å². The molecule has 0 aromatic heterocycles. The zero-order valence-corrected chi connectivity index (χ0v) is 12.5. The second-order valence-corrected chi connectivity index (χ2v) is 7.76. The third kappa shape index (κ3) is 2.20. The van der Waals surface area contributed by atoms with Crippen LogP contribution in [0.15, 0.2) is 18.2 Å². The third-order valence-electron chi connectivity index (χ3n) is 5.19. The molecule has 1 nitrogen and oxygen atoms in total. The average Bonchev–Trinajstić information content (AvgIpc) is 3.20. The van der Waals surface area contributed by atoms with E-state index in [9.17, 15) is 0 Å². The molecule has 0 unspecified atom stereocenters. The zero-order valence-electron chi connectivity index (χ0n) is 11.0. The van der Waals surface area contributed by atoms with Crippen molar-refractivity contribution in [2.24, 2.45) is 5.41 Å². The Labute approximate surface area is 124 Å². The lowest BCUT2D eigenvalue weighted by Crippen LogP contribution is -2.50. The van der Waals surface area contributed by atoms with Crippen molar-refractivity contribution >= 4 is 23.2 Å². The molecule has 1 aromatic carbocycles. The van der Waals surface area contributed by atoms with Gasteiger partial charge in [0.15, 0.2) is 0 Å². The topological polar surface area (TPSA) is 12.0 Å². The molecule has 3 heteroatoms. The van der Waals surface area contributed by atoms with E-state index in [0.717, 1.165) is 22.6 Å². The van der Waals surface area contributed by atoms with Gasteiger partial charge in [0, 0.05) is 28.0 Å². The molecule has 19 heavy (non-hydrogen) atoms. The van der Waals surface area contributed by atoms with Gasteiger partial charge in [-0.2, -0.15) is 0 Å². The largest absolute Gasteiger partial charge is 0.313 e. The fourth-order valence-corrected chi connectivity index (χ4v) is 4.48. The summed E-state index contributed by atoms with van der Waals surface area (Å²) >= 11 is 12.5. The molecule has 0 radical (unpaired) electrons. The van der Waals surface area contributed by atoms with Crippen molar-refractivity contribution in [3.05, 3.63) is 33.8 Å². The van der Waals surface area contributed by atoms with Crippen molar-refractivity contribution in [1.82, 2.24) is 5.32 Å². The lowest BCUT2D eigenvalue weighted by atomic mass is 9.56. The minimum absolute atomic E-state index is 0.265. The maximum Gasteiger partial charge on any atom is 0.0458 e. The Morgan fingerprint density at radius 1 is 1.16 bits per heavy atom. The molecule has 3 saturated carbocycles. The van der Waals surface area contributed by atoms with Gasteiger partial charge in [-0.25, -0.2) is 0 Å². The summed E-state index contributed by atoms with van der Waals surface area (Å²) in [7, 11) is 0. The lowest BCUT2D eigenvalue weighted by Gasteiger charge is -2.50. The van der Waals surface area contributed by atoms with Crippen LogP contribution in [0.25, 0.3) is 0 Å².